The van der Waals surface area contributed by atoms with Crippen molar-refractivity contribution < 1.29 is 37.4 Å². The highest BCUT2D eigenvalue weighted by atomic mass is 32.1. The zero-order chi connectivity index (χ0) is 33.2. The molecule has 5 aromatic rings. The molecular formula is C31H25F4N5O5S. The van der Waals surface area contributed by atoms with Gasteiger partial charge in [-0.1, -0.05) is 30.3 Å². The van der Waals surface area contributed by atoms with Gasteiger partial charge in [-0.15, -0.1) is 11.3 Å². The van der Waals surface area contributed by atoms with E-state index in [0.29, 0.717) is 11.3 Å². The first-order chi connectivity index (χ1) is 21.9. The number of carboxylic acid groups (broad SMARTS) is 1. The number of carbonyl (C=O) groups excluding carboxylic acids is 1. The van der Waals surface area contributed by atoms with Gasteiger partial charge in [0.05, 0.1) is 18.2 Å². The Labute approximate surface area is 262 Å². The third-order valence-corrected chi connectivity index (χ3v) is 7.94. The van der Waals surface area contributed by atoms with E-state index in [9.17, 15) is 37.8 Å². The van der Waals surface area contributed by atoms with Gasteiger partial charge in [0.2, 0.25) is 5.43 Å². The van der Waals surface area contributed by atoms with E-state index in [1.165, 1.54) is 10.6 Å². The van der Waals surface area contributed by atoms with Gasteiger partial charge in [0, 0.05) is 46.4 Å². The molecule has 1 atom stereocenters. The number of thiazole rings is 1. The molecule has 1 unspecified atom stereocenters. The number of aliphatic hydroxyl groups is 1. The summed E-state index contributed by atoms with van der Waals surface area (Å²) in [5.41, 5.74) is -2.36. The van der Waals surface area contributed by atoms with Gasteiger partial charge < -0.3 is 20.1 Å². The van der Waals surface area contributed by atoms with Crippen molar-refractivity contribution in [3.05, 3.63) is 99.2 Å². The van der Waals surface area contributed by atoms with E-state index < -0.39 is 53.3 Å². The topological polar surface area (TPSA) is 146 Å². The van der Waals surface area contributed by atoms with Crippen LogP contribution in [0.3, 0.4) is 0 Å². The minimum absolute atomic E-state index is 0.0103. The average Bonchev–Trinajstić information content (AvgIpc) is 3.52. The van der Waals surface area contributed by atoms with Crippen LogP contribution in [-0.4, -0.2) is 49.9 Å². The van der Waals surface area contributed by atoms with E-state index in [1.807, 2.05) is 0 Å². The summed E-state index contributed by atoms with van der Waals surface area (Å²) in [7, 11) is 0. The first kappa shape index (κ1) is 32.2. The fourth-order valence-electron chi connectivity index (χ4n) is 4.93. The molecule has 0 bridgehead atoms. The first-order valence-electron chi connectivity index (χ1n) is 13.8. The maximum Gasteiger partial charge on any atom is 0.434 e. The standard InChI is InChI=1S/C31H25F4N5O5S/c1-2-36-30(45)39-26-10-19(28-38-25(15-46-28)31(33,34)35)21(12-37-26)18-9-20-24(11-23(18)32)40(13-22(27(20)42)29(43)44)17(14-41)8-16-6-4-3-5-7-16/h3-7,9-13,15,17,41H,2,8,14H2,1H3,(H,43,44)(H2,36,37,39,45). The van der Waals surface area contributed by atoms with Crippen LogP contribution in [0, 0.1) is 5.82 Å². The molecule has 5 rings (SSSR count). The Kier molecular flexibility index (Phi) is 9.16. The molecule has 15 heteroatoms. The molecule has 2 aromatic carbocycles. The van der Waals surface area contributed by atoms with Crippen LogP contribution in [0.1, 0.15) is 34.6 Å². The number of halogens is 4. The highest BCUT2D eigenvalue weighted by Crippen LogP contribution is 2.40. The second-order valence-electron chi connectivity index (χ2n) is 10.1. The fraction of sp³-hybridized carbons (Fsp3) is 0.194. The number of amides is 2. The monoisotopic (exact) mass is 655 g/mol. The molecule has 3 heterocycles. The Balaban J connectivity index is 1.73. The number of alkyl halides is 3. The van der Waals surface area contributed by atoms with Crippen LogP contribution in [-0.2, 0) is 12.6 Å². The van der Waals surface area contributed by atoms with Crippen molar-refractivity contribution in [1.82, 2.24) is 19.9 Å². The van der Waals surface area contributed by atoms with E-state index in [1.54, 1.807) is 37.3 Å². The van der Waals surface area contributed by atoms with E-state index in [-0.39, 0.29) is 51.4 Å². The summed E-state index contributed by atoms with van der Waals surface area (Å²) < 4.78 is 57.7. The van der Waals surface area contributed by atoms with Crippen molar-refractivity contribution in [2.75, 3.05) is 18.5 Å². The van der Waals surface area contributed by atoms with Crippen LogP contribution in [0.15, 0.2) is 71.1 Å². The zero-order valence-corrected chi connectivity index (χ0v) is 24.7. The molecule has 3 aromatic heterocycles. The van der Waals surface area contributed by atoms with Crippen LogP contribution >= 0.6 is 11.3 Å². The van der Waals surface area contributed by atoms with Crippen LogP contribution < -0.4 is 16.1 Å². The molecule has 0 aliphatic carbocycles. The molecule has 238 valence electrons. The lowest BCUT2D eigenvalue weighted by Crippen LogP contribution is -2.28. The summed E-state index contributed by atoms with van der Waals surface area (Å²) >= 11 is 0.624. The van der Waals surface area contributed by atoms with Crippen molar-refractivity contribution in [2.45, 2.75) is 25.6 Å². The smallest absolute Gasteiger partial charge is 0.434 e. The lowest BCUT2D eigenvalue weighted by atomic mass is 9.98. The molecule has 0 saturated heterocycles. The number of urea groups is 1. The predicted octanol–water partition coefficient (Wildman–Crippen LogP) is 5.96. The molecule has 2 amide bonds. The molecule has 0 aliphatic heterocycles. The van der Waals surface area contributed by atoms with Gasteiger partial charge in [-0.25, -0.2) is 23.9 Å². The number of carbonyl (C=O) groups is 2. The number of nitrogens with zero attached hydrogens (tertiary/aromatic N) is 3. The summed E-state index contributed by atoms with van der Waals surface area (Å²) in [6.07, 6.45) is -2.38. The average molecular weight is 656 g/mol. The van der Waals surface area contributed by atoms with Crippen LogP contribution in [0.2, 0.25) is 0 Å². The van der Waals surface area contributed by atoms with Gasteiger partial charge in [0.25, 0.3) is 0 Å². The number of carboxylic acids is 1. The Morgan fingerprint density at radius 3 is 2.46 bits per heavy atom. The van der Waals surface area contributed by atoms with Crippen molar-refractivity contribution in [2.24, 2.45) is 0 Å². The van der Waals surface area contributed by atoms with Gasteiger partial charge in [0.15, 0.2) is 5.69 Å². The summed E-state index contributed by atoms with van der Waals surface area (Å²) in [5, 5.41) is 25.4. The van der Waals surface area contributed by atoms with Gasteiger partial charge in [-0.05, 0) is 37.1 Å². The number of benzene rings is 2. The molecule has 0 saturated carbocycles. The first-order valence-corrected chi connectivity index (χ1v) is 14.6. The maximum atomic E-state index is 16.1. The Morgan fingerprint density at radius 2 is 1.83 bits per heavy atom. The Morgan fingerprint density at radius 1 is 1.09 bits per heavy atom. The SMILES string of the molecule is CCNC(=O)Nc1cc(-c2nc(C(F)(F)F)cs2)c(-c2cc3c(=O)c(C(=O)O)cn(C(CO)Cc4ccccc4)c3cc2F)cn1. The van der Waals surface area contributed by atoms with Gasteiger partial charge in [-0.3, -0.25) is 10.1 Å². The molecule has 0 radical (unpaired) electrons. The highest BCUT2D eigenvalue weighted by molar-refractivity contribution is 7.13. The number of aromatic carboxylic acids is 1. The lowest BCUT2D eigenvalue weighted by molar-refractivity contribution is -0.140. The Bertz CT molecular complexity index is 2000. The van der Waals surface area contributed by atoms with Gasteiger partial charge >= 0.3 is 18.2 Å². The van der Waals surface area contributed by atoms with E-state index >= 15 is 4.39 Å². The number of fused-ring (bicyclic) bond motifs is 1. The number of rotatable bonds is 9. The molecule has 10 nitrogen and oxygen atoms in total. The minimum atomic E-state index is -4.76. The summed E-state index contributed by atoms with van der Waals surface area (Å²) in [6.45, 7) is 1.47. The quantitative estimate of drug-likeness (QED) is 0.143. The van der Waals surface area contributed by atoms with Crippen LogP contribution in [0.25, 0.3) is 32.6 Å². The van der Waals surface area contributed by atoms with Crippen molar-refractivity contribution >= 4 is 40.1 Å². The number of nitrogens with one attached hydrogen (secondary N) is 2. The molecule has 0 aliphatic rings. The predicted molar refractivity (Wildman–Crippen MR) is 163 cm³/mol. The molecular weight excluding hydrogens is 630 g/mol. The lowest BCUT2D eigenvalue weighted by Gasteiger charge is -2.22. The van der Waals surface area contributed by atoms with E-state index in [2.05, 4.69) is 20.6 Å². The maximum absolute atomic E-state index is 16.1. The van der Waals surface area contributed by atoms with Crippen LogP contribution in [0.4, 0.5) is 28.2 Å². The third kappa shape index (κ3) is 6.60. The number of aliphatic hydroxyl groups excluding tert-OH is 1. The molecule has 0 spiro atoms. The third-order valence-electron chi connectivity index (χ3n) is 7.07. The largest absolute Gasteiger partial charge is 0.477 e. The number of hydrogen-bond donors (Lipinski definition) is 4. The fourth-order valence-corrected chi connectivity index (χ4v) is 5.79. The summed E-state index contributed by atoms with van der Waals surface area (Å²) in [5.74, 6) is -2.54. The highest BCUT2D eigenvalue weighted by Gasteiger charge is 2.34. The second kappa shape index (κ2) is 13.1. The zero-order valence-electron chi connectivity index (χ0n) is 23.9. The van der Waals surface area contributed by atoms with Gasteiger partial charge in [0.1, 0.15) is 22.2 Å². The van der Waals surface area contributed by atoms with Gasteiger partial charge in [-0.2, -0.15) is 13.2 Å². The minimum Gasteiger partial charge on any atom is -0.477 e. The molecule has 46 heavy (non-hydrogen) atoms. The second-order valence-corrected chi connectivity index (χ2v) is 11.0. The number of pyridine rings is 2. The Hall–Kier alpha value is -5.15. The van der Waals surface area contributed by atoms with E-state index in [4.69, 9.17) is 0 Å². The number of anilines is 1. The number of aromatic nitrogens is 3. The number of hydrogen-bond acceptors (Lipinski definition) is 7. The van der Waals surface area contributed by atoms with Crippen molar-refractivity contribution in [1.29, 1.82) is 0 Å². The normalized spacial score (nSPS) is 12.2. The van der Waals surface area contributed by atoms with Crippen LogP contribution in [0.5, 0.6) is 0 Å². The van der Waals surface area contributed by atoms with Crippen molar-refractivity contribution in [3.63, 3.8) is 0 Å². The van der Waals surface area contributed by atoms with Crippen molar-refractivity contribution in [3.8, 4) is 21.7 Å². The molecule has 4 N–H and O–H groups in total. The van der Waals surface area contributed by atoms with E-state index in [0.717, 1.165) is 35.5 Å². The summed E-state index contributed by atoms with van der Waals surface area (Å²) in [4.78, 5) is 45.4. The summed E-state index contributed by atoms with van der Waals surface area (Å²) in [6, 6.07) is 10.8. The molecule has 0 fully saturated rings.